The number of benzene rings is 10. The Labute approximate surface area is 297 Å². The van der Waals surface area contributed by atoms with Crippen molar-refractivity contribution in [2.45, 2.75) is 5.41 Å². The lowest BCUT2D eigenvalue weighted by molar-refractivity contribution is 0.759. The molecule has 11 rings (SSSR count). The van der Waals surface area contributed by atoms with E-state index in [-0.39, 0.29) is 0 Å². The standard InChI is InChI=1S/C51H32/c1-2-15-36(16-3-1)51(46-23-10-8-20-42(46)39-18-6-7-19-40(39)43-21-9-11-24-47(43)51)48-32-28-35-26-30-44-41(29-25-34-27-31-45(48)50(35)49(34)44)38-22-12-14-33-13-4-5-17-37(33)38/h1-32H. The summed E-state index contributed by atoms with van der Waals surface area (Å²) in [5, 5.41) is 10.3. The van der Waals surface area contributed by atoms with Gasteiger partial charge < -0.3 is 0 Å². The van der Waals surface area contributed by atoms with Crippen LogP contribution in [0.2, 0.25) is 0 Å². The summed E-state index contributed by atoms with van der Waals surface area (Å²) in [5.74, 6) is 0. The molecule has 0 amide bonds. The van der Waals surface area contributed by atoms with Gasteiger partial charge in [-0.1, -0.05) is 194 Å². The summed E-state index contributed by atoms with van der Waals surface area (Å²) in [4.78, 5) is 0. The largest absolute Gasteiger partial charge is 0.0719 e. The van der Waals surface area contributed by atoms with Crippen LogP contribution in [0.5, 0.6) is 0 Å². The van der Waals surface area contributed by atoms with Crippen molar-refractivity contribution in [3.63, 3.8) is 0 Å². The molecule has 0 atom stereocenters. The minimum Gasteiger partial charge on any atom is -0.0622 e. The number of hydrogen-bond acceptors (Lipinski definition) is 0. The lowest BCUT2D eigenvalue weighted by Crippen LogP contribution is -2.32. The van der Waals surface area contributed by atoms with Crippen LogP contribution in [-0.4, -0.2) is 0 Å². The molecule has 0 nitrogen and oxygen atoms in total. The lowest BCUT2D eigenvalue weighted by Gasteiger charge is -2.39. The monoisotopic (exact) mass is 644 g/mol. The lowest BCUT2D eigenvalue weighted by atomic mass is 9.62. The third kappa shape index (κ3) is 3.85. The van der Waals surface area contributed by atoms with Gasteiger partial charge in [0.2, 0.25) is 0 Å². The Morgan fingerprint density at radius 1 is 0.235 bits per heavy atom. The van der Waals surface area contributed by atoms with Crippen LogP contribution in [0, 0.1) is 0 Å². The zero-order valence-electron chi connectivity index (χ0n) is 28.0. The topological polar surface area (TPSA) is 0 Å². The van der Waals surface area contributed by atoms with Gasteiger partial charge in [0.1, 0.15) is 0 Å². The second-order valence-electron chi connectivity index (χ2n) is 13.9. The molecular formula is C51H32. The van der Waals surface area contributed by atoms with Crippen molar-refractivity contribution in [1.82, 2.24) is 0 Å². The first kappa shape index (κ1) is 28.3. The van der Waals surface area contributed by atoms with Crippen LogP contribution in [0.4, 0.5) is 0 Å². The van der Waals surface area contributed by atoms with Crippen LogP contribution in [0.15, 0.2) is 194 Å². The summed E-state index contributed by atoms with van der Waals surface area (Å²) < 4.78 is 0. The Balaban J connectivity index is 1.32. The fraction of sp³-hybridized carbons (Fsp3) is 0.0196. The number of hydrogen-bond donors (Lipinski definition) is 0. The second kappa shape index (κ2) is 10.7. The predicted octanol–water partition coefficient (Wildman–Crippen LogP) is 13.4. The third-order valence-electron chi connectivity index (χ3n) is 11.5. The normalized spacial score (nSPS) is 13.3. The van der Waals surface area contributed by atoms with E-state index in [0.29, 0.717) is 0 Å². The molecule has 0 aliphatic heterocycles. The average molecular weight is 645 g/mol. The maximum Gasteiger partial charge on any atom is 0.0719 e. The molecule has 10 aromatic rings. The molecule has 0 bridgehead atoms. The maximum atomic E-state index is 2.42. The molecule has 0 spiro atoms. The molecule has 0 unspecified atom stereocenters. The van der Waals surface area contributed by atoms with Crippen LogP contribution in [-0.2, 0) is 5.41 Å². The molecule has 51 heavy (non-hydrogen) atoms. The summed E-state index contributed by atoms with van der Waals surface area (Å²) in [6, 6.07) is 72.7. The predicted molar refractivity (Wildman–Crippen MR) is 216 cm³/mol. The molecule has 1 aliphatic carbocycles. The Hall–Kier alpha value is -6.50. The van der Waals surface area contributed by atoms with Crippen LogP contribution in [0.1, 0.15) is 22.3 Å². The van der Waals surface area contributed by atoms with E-state index in [1.54, 1.807) is 0 Å². The SMILES string of the molecule is c1ccc(C2(c3ccc4ccc5c(-c6cccc7ccccc67)ccc6ccc3c4c65)c3ccccc3-c3ccccc3-c3ccccc32)cc1. The summed E-state index contributed by atoms with van der Waals surface area (Å²) in [7, 11) is 0. The van der Waals surface area contributed by atoms with E-state index < -0.39 is 5.41 Å². The van der Waals surface area contributed by atoms with Gasteiger partial charge in [-0.2, -0.15) is 0 Å². The Morgan fingerprint density at radius 3 is 1.45 bits per heavy atom. The van der Waals surface area contributed by atoms with Gasteiger partial charge in [0.05, 0.1) is 5.41 Å². The summed E-state index contributed by atoms with van der Waals surface area (Å²) in [6.07, 6.45) is 0. The molecule has 236 valence electrons. The molecule has 0 saturated carbocycles. The van der Waals surface area contributed by atoms with Crippen molar-refractivity contribution in [2.75, 3.05) is 0 Å². The highest BCUT2D eigenvalue weighted by atomic mass is 14.5. The van der Waals surface area contributed by atoms with E-state index in [1.807, 2.05) is 0 Å². The van der Waals surface area contributed by atoms with Crippen molar-refractivity contribution in [2.24, 2.45) is 0 Å². The van der Waals surface area contributed by atoms with Gasteiger partial charge >= 0.3 is 0 Å². The molecule has 0 saturated heterocycles. The number of rotatable bonds is 3. The third-order valence-corrected chi connectivity index (χ3v) is 11.5. The molecular weight excluding hydrogens is 613 g/mol. The number of fused-ring (bicyclic) bond motifs is 6. The molecule has 0 radical (unpaired) electrons. The first-order chi connectivity index (χ1) is 25.3. The fourth-order valence-electron chi connectivity index (χ4n) is 9.46. The molecule has 1 aliphatic rings. The van der Waals surface area contributed by atoms with Gasteiger partial charge in [0, 0.05) is 0 Å². The average Bonchev–Trinajstić information content (AvgIpc) is 3.31. The first-order valence-corrected chi connectivity index (χ1v) is 17.9. The highest BCUT2D eigenvalue weighted by molar-refractivity contribution is 6.27. The van der Waals surface area contributed by atoms with Gasteiger partial charge in [0.15, 0.2) is 0 Å². The van der Waals surface area contributed by atoms with Gasteiger partial charge in [-0.15, -0.1) is 0 Å². The zero-order valence-corrected chi connectivity index (χ0v) is 28.0. The first-order valence-electron chi connectivity index (χ1n) is 17.9. The Morgan fingerprint density at radius 2 is 0.725 bits per heavy atom. The van der Waals surface area contributed by atoms with E-state index in [0.717, 1.165) is 0 Å². The summed E-state index contributed by atoms with van der Waals surface area (Å²) >= 11 is 0. The van der Waals surface area contributed by atoms with Gasteiger partial charge in [-0.05, 0) is 98.7 Å². The van der Waals surface area contributed by atoms with Crippen LogP contribution in [0.25, 0.3) is 76.5 Å². The van der Waals surface area contributed by atoms with E-state index in [2.05, 4.69) is 194 Å². The summed E-state index contributed by atoms with van der Waals surface area (Å²) in [6.45, 7) is 0. The van der Waals surface area contributed by atoms with Crippen molar-refractivity contribution < 1.29 is 0 Å². The molecule has 0 N–H and O–H groups in total. The molecule has 0 aromatic heterocycles. The van der Waals surface area contributed by atoms with E-state index in [4.69, 9.17) is 0 Å². The smallest absolute Gasteiger partial charge is 0.0622 e. The fourth-order valence-corrected chi connectivity index (χ4v) is 9.46. The zero-order chi connectivity index (χ0) is 33.5. The van der Waals surface area contributed by atoms with E-state index in [9.17, 15) is 0 Å². The van der Waals surface area contributed by atoms with Gasteiger partial charge in [0.25, 0.3) is 0 Å². The molecule has 10 aromatic carbocycles. The molecule has 0 heteroatoms. The maximum absolute atomic E-state index is 2.42. The van der Waals surface area contributed by atoms with Gasteiger partial charge in [-0.25, -0.2) is 0 Å². The Kier molecular flexibility index (Phi) is 5.97. The van der Waals surface area contributed by atoms with E-state index >= 15 is 0 Å². The molecule has 0 fully saturated rings. The quantitative estimate of drug-likeness (QED) is 0.168. The minimum absolute atomic E-state index is 0.589. The van der Waals surface area contributed by atoms with Crippen molar-refractivity contribution in [3.8, 4) is 33.4 Å². The van der Waals surface area contributed by atoms with E-state index in [1.165, 1.54) is 98.7 Å². The molecule has 0 heterocycles. The van der Waals surface area contributed by atoms with Crippen molar-refractivity contribution >= 4 is 43.1 Å². The van der Waals surface area contributed by atoms with Crippen molar-refractivity contribution in [3.05, 3.63) is 216 Å². The van der Waals surface area contributed by atoms with Crippen LogP contribution < -0.4 is 0 Å². The summed E-state index contributed by atoms with van der Waals surface area (Å²) in [5.41, 5.74) is 12.2. The highest BCUT2D eigenvalue weighted by Gasteiger charge is 2.44. The van der Waals surface area contributed by atoms with Crippen LogP contribution in [0.3, 0.4) is 0 Å². The minimum atomic E-state index is -0.589. The highest BCUT2D eigenvalue weighted by Crippen LogP contribution is 2.57. The van der Waals surface area contributed by atoms with Crippen LogP contribution >= 0.6 is 0 Å². The van der Waals surface area contributed by atoms with Gasteiger partial charge in [-0.3, -0.25) is 0 Å². The Bertz CT molecular complexity index is 2890. The van der Waals surface area contributed by atoms with Crippen molar-refractivity contribution in [1.29, 1.82) is 0 Å². The second-order valence-corrected chi connectivity index (χ2v) is 13.9.